The van der Waals surface area contributed by atoms with E-state index in [2.05, 4.69) is 4.72 Å². The van der Waals surface area contributed by atoms with Gasteiger partial charge in [0.15, 0.2) is 0 Å². The molecular formula is C19H25NO3S. The predicted molar refractivity (Wildman–Crippen MR) is 97.0 cm³/mol. The van der Waals surface area contributed by atoms with Gasteiger partial charge in [0.05, 0.1) is 7.11 Å². The minimum atomic E-state index is -3.70. The molecule has 2 aromatic carbocycles. The second-order valence-corrected chi connectivity index (χ2v) is 7.95. The monoisotopic (exact) mass is 347 g/mol. The van der Waals surface area contributed by atoms with Gasteiger partial charge in [0.25, 0.3) is 0 Å². The van der Waals surface area contributed by atoms with E-state index < -0.39 is 10.0 Å². The van der Waals surface area contributed by atoms with E-state index in [0.717, 1.165) is 16.7 Å². The van der Waals surface area contributed by atoms with Gasteiger partial charge in [0.2, 0.25) is 10.0 Å². The van der Waals surface area contributed by atoms with Crippen LogP contribution in [0.5, 0.6) is 5.75 Å². The Morgan fingerprint density at radius 3 is 2.21 bits per heavy atom. The van der Waals surface area contributed by atoms with Crippen molar-refractivity contribution in [2.75, 3.05) is 7.11 Å². The fraction of sp³-hybridized carbons (Fsp3) is 0.368. The minimum Gasteiger partial charge on any atom is -0.495 e. The molecule has 2 aromatic rings. The highest BCUT2D eigenvalue weighted by Crippen LogP contribution is 2.31. The molecular weight excluding hydrogens is 322 g/mol. The Labute approximate surface area is 144 Å². The number of hydrogen-bond acceptors (Lipinski definition) is 3. The van der Waals surface area contributed by atoms with Gasteiger partial charge < -0.3 is 4.74 Å². The summed E-state index contributed by atoms with van der Waals surface area (Å²) in [7, 11) is -2.21. The van der Waals surface area contributed by atoms with Crippen LogP contribution in [0.1, 0.15) is 49.4 Å². The molecule has 130 valence electrons. The van der Waals surface area contributed by atoms with Crippen molar-refractivity contribution in [1.29, 1.82) is 0 Å². The SMILES string of the molecule is COc1cc(C)c(C(C)C)cc1S(=O)(=O)NC(C)c1ccccc1. The van der Waals surface area contributed by atoms with Crippen molar-refractivity contribution in [3.63, 3.8) is 0 Å². The van der Waals surface area contributed by atoms with Gasteiger partial charge in [0.1, 0.15) is 10.6 Å². The quantitative estimate of drug-likeness (QED) is 0.853. The van der Waals surface area contributed by atoms with E-state index in [0.29, 0.717) is 5.75 Å². The maximum Gasteiger partial charge on any atom is 0.244 e. The van der Waals surface area contributed by atoms with E-state index in [9.17, 15) is 8.42 Å². The first-order valence-electron chi connectivity index (χ1n) is 8.02. The Morgan fingerprint density at radius 1 is 1.04 bits per heavy atom. The smallest absolute Gasteiger partial charge is 0.244 e. The lowest BCUT2D eigenvalue weighted by Gasteiger charge is -2.19. The van der Waals surface area contributed by atoms with Crippen LogP contribution in [0.2, 0.25) is 0 Å². The third-order valence-electron chi connectivity index (χ3n) is 4.10. The number of nitrogens with one attached hydrogen (secondary N) is 1. The number of aryl methyl sites for hydroxylation is 1. The maximum absolute atomic E-state index is 12.9. The number of rotatable bonds is 6. The normalized spacial score (nSPS) is 13.1. The summed E-state index contributed by atoms with van der Waals surface area (Å²) in [6.45, 7) is 7.89. The van der Waals surface area contributed by atoms with Gasteiger partial charge in [-0.2, -0.15) is 0 Å². The molecule has 1 unspecified atom stereocenters. The third-order valence-corrected chi connectivity index (χ3v) is 5.66. The van der Waals surface area contributed by atoms with Crippen molar-refractivity contribution in [2.24, 2.45) is 0 Å². The van der Waals surface area contributed by atoms with Gasteiger partial charge in [-0.05, 0) is 48.6 Å². The highest BCUT2D eigenvalue weighted by molar-refractivity contribution is 7.89. The average Bonchev–Trinajstić information content (AvgIpc) is 2.54. The van der Waals surface area contributed by atoms with Gasteiger partial charge in [-0.15, -0.1) is 0 Å². The zero-order chi connectivity index (χ0) is 17.9. The number of sulfonamides is 1. The molecule has 0 bridgehead atoms. The van der Waals surface area contributed by atoms with Crippen molar-refractivity contribution >= 4 is 10.0 Å². The fourth-order valence-electron chi connectivity index (χ4n) is 2.77. The summed E-state index contributed by atoms with van der Waals surface area (Å²) in [5.74, 6) is 0.598. The van der Waals surface area contributed by atoms with E-state index in [1.165, 1.54) is 7.11 Å². The van der Waals surface area contributed by atoms with E-state index in [1.807, 2.05) is 58.0 Å². The molecule has 1 N–H and O–H groups in total. The molecule has 0 saturated heterocycles. The summed E-state index contributed by atoms with van der Waals surface area (Å²) >= 11 is 0. The lowest BCUT2D eigenvalue weighted by atomic mass is 9.98. The molecule has 0 aliphatic rings. The molecule has 0 aliphatic carbocycles. The summed E-state index contributed by atoms with van der Waals surface area (Å²) in [5.41, 5.74) is 2.94. The van der Waals surface area contributed by atoms with Crippen molar-refractivity contribution in [3.8, 4) is 5.75 Å². The van der Waals surface area contributed by atoms with Crippen LogP contribution in [-0.4, -0.2) is 15.5 Å². The van der Waals surface area contributed by atoms with Crippen LogP contribution < -0.4 is 9.46 Å². The Balaban J connectivity index is 2.43. The highest BCUT2D eigenvalue weighted by atomic mass is 32.2. The standard InChI is InChI=1S/C19H25NO3S/c1-13(2)17-12-19(18(23-5)11-14(17)3)24(21,22)20-15(4)16-9-7-6-8-10-16/h6-13,15,20H,1-5H3. The Hall–Kier alpha value is -1.85. The molecule has 0 radical (unpaired) electrons. The van der Waals surface area contributed by atoms with E-state index in [4.69, 9.17) is 4.74 Å². The van der Waals surface area contributed by atoms with Crippen LogP contribution in [-0.2, 0) is 10.0 Å². The molecule has 0 aliphatic heterocycles. The Morgan fingerprint density at radius 2 is 1.67 bits per heavy atom. The van der Waals surface area contributed by atoms with E-state index in [1.54, 1.807) is 12.1 Å². The van der Waals surface area contributed by atoms with Crippen molar-refractivity contribution in [3.05, 3.63) is 59.2 Å². The van der Waals surface area contributed by atoms with Crippen molar-refractivity contribution in [2.45, 2.75) is 44.6 Å². The molecule has 0 fully saturated rings. The molecule has 0 amide bonds. The summed E-state index contributed by atoms with van der Waals surface area (Å²) in [5, 5.41) is 0. The van der Waals surface area contributed by atoms with Gasteiger partial charge in [0, 0.05) is 6.04 Å². The van der Waals surface area contributed by atoms with Crippen LogP contribution in [0, 0.1) is 6.92 Å². The third kappa shape index (κ3) is 3.97. The predicted octanol–water partition coefficient (Wildman–Crippen LogP) is 4.17. The molecule has 0 saturated carbocycles. The van der Waals surface area contributed by atoms with E-state index >= 15 is 0 Å². The van der Waals surface area contributed by atoms with Crippen LogP contribution in [0.4, 0.5) is 0 Å². The lowest BCUT2D eigenvalue weighted by Crippen LogP contribution is -2.27. The van der Waals surface area contributed by atoms with Crippen LogP contribution in [0.15, 0.2) is 47.4 Å². The Kier molecular flexibility index (Phi) is 5.67. The zero-order valence-corrected chi connectivity index (χ0v) is 15.6. The Bertz CT molecular complexity index is 799. The first kappa shape index (κ1) is 18.5. The second kappa shape index (κ2) is 7.36. The number of benzene rings is 2. The summed E-state index contributed by atoms with van der Waals surface area (Å²) in [6, 6.07) is 12.7. The molecule has 5 heteroatoms. The summed E-state index contributed by atoms with van der Waals surface area (Å²) in [4.78, 5) is 0.182. The number of ether oxygens (including phenoxy) is 1. The minimum absolute atomic E-state index is 0.182. The highest BCUT2D eigenvalue weighted by Gasteiger charge is 2.24. The number of hydrogen-bond donors (Lipinski definition) is 1. The average molecular weight is 347 g/mol. The maximum atomic E-state index is 12.9. The molecule has 0 spiro atoms. The van der Waals surface area contributed by atoms with Crippen molar-refractivity contribution in [1.82, 2.24) is 4.72 Å². The molecule has 0 aromatic heterocycles. The van der Waals surface area contributed by atoms with Gasteiger partial charge in [-0.25, -0.2) is 13.1 Å². The van der Waals surface area contributed by atoms with Gasteiger partial charge >= 0.3 is 0 Å². The van der Waals surface area contributed by atoms with Crippen LogP contribution in [0.25, 0.3) is 0 Å². The van der Waals surface area contributed by atoms with Gasteiger partial charge in [-0.1, -0.05) is 44.2 Å². The fourth-order valence-corrected chi connectivity index (χ4v) is 4.19. The molecule has 24 heavy (non-hydrogen) atoms. The summed E-state index contributed by atoms with van der Waals surface area (Å²) < 4.78 is 33.8. The summed E-state index contributed by atoms with van der Waals surface area (Å²) in [6.07, 6.45) is 0. The van der Waals surface area contributed by atoms with Crippen LogP contribution >= 0.6 is 0 Å². The first-order chi connectivity index (χ1) is 11.3. The molecule has 4 nitrogen and oxygen atoms in total. The largest absolute Gasteiger partial charge is 0.495 e. The van der Waals surface area contributed by atoms with Crippen LogP contribution in [0.3, 0.4) is 0 Å². The van der Waals surface area contributed by atoms with Crippen molar-refractivity contribution < 1.29 is 13.2 Å². The molecule has 0 heterocycles. The van der Waals surface area contributed by atoms with E-state index in [-0.39, 0.29) is 16.9 Å². The molecule has 1 atom stereocenters. The van der Waals surface area contributed by atoms with Gasteiger partial charge in [-0.3, -0.25) is 0 Å². The molecule has 2 rings (SSSR count). The number of methoxy groups -OCH3 is 1. The second-order valence-electron chi connectivity index (χ2n) is 6.27. The zero-order valence-electron chi connectivity index (χ0n) is 14.8. The lowest BCUT2D eigenvalue weighted by molar-refractivity contribution is 0.401. The first-order valence-corrected chi connectivity index (χ1v) is 9.50. The topological polar surface area (TPSA) is 55.4 Å².